The fraction of sp³-hybridized carbons (Fsp3) is 0.533. The van der Waals surface area contributed by atoms with E-state index in [2.05, 4.69) is 10.6 Å². The molecule has 3 atom stereocenters. The molecule has 0 unspecified atom stereocenters. The summed E-state index contributed by atoms with van der Waals surface area (Å²) in [5.74, 6) is 0.200. The molecule has 0 radical (unpaired) electrons. The second-order valence-electron chi connectivity index (χ2n) is 5.45. The molecule has 21 heavy (non-hydrogen) atoms. The molecule has 0 aliphatic rings. The van der Waals surface area contributed by atoms with Crippen molar-refractivity contribution in [3.8, 4) is 0 Å². The summed E-state index contributed by atoms with van der Waals surface area (Å²) in [7, 11) is -0.954. The zero-order valence-electron chi connectivity index (χ0n) is 13.1. The van der Waals surface area contributed by atoms with Gasteiger partial charge < -0.3 is 10.6 Å². The quantitative estimate of drug-likeness (QED) is 0.877. The lowest BCUT2D eigenvalue weighted by Crippen LogP contribution is -2.43. The van der Waals surface area contributed by atoms with Crippen molar-refractivity contribution in [2.75, 3.05) is 12.0 Å². The summed E-state index contributed by atoms with van der Waals surface area (Å²) in [5, 5.41) is 5.54. The molecule has 4 nitrogen and oxygen atoms in total. The molecular formula is C15H23FN2O2S. The van der Waals surface area contributed by atoms with E-state index in [1.807, 2.05) is 6.92 Å². The van der Waals surface area contributed by atoms with Crippen LogP contribution in [0.4, 0.5) is 9.18 Å². The Morgan fingerprint density at radius 3 is 2.24 bits per heavy atom. The van der Waals surface area contributed by atoms with Crippen LogP contribution in [0.3, 0.4) is 0 Å². The van der Waals surface area contributed by atoms with Crippen LogP contribution in [-0.2, 0) is 10.8 Å². The van der Waals surface area contributed by atoms with Crippen LogP contribution >= 0.6 is 0 Å². The maximum atomic E-state index is 13.6. The Morgan fingerprint density at radius 2 is 1.76 bits per heavy atom. The van der Waals surface area contributed by atoms with Crippen LogP contribution < -0.4 is 10.6 Å². The molecule has 1 aromatic rings. The van der Waals surface area contributed by atoms with E-state index in [9.17, 15) is 13.4 Å². The second-order valence-corrected chi connectivity index (χ2v) is 6.93. The van der Waals surface area contributed by atoms with Crippen LogP contribution in [0, 0.1) is 19.7 Å². The smallest absolute Gasteiger partial charge is 0.315 e. The van der Waals surface area contributed by atoms with Crippen LogP contribution in [0.1, 0.15) is 36.6 Å². The molecule has 2 amide bonds. The first-order valence-electron chi connectivity index (χ1n) is 6.84. The van der Waals surface area contributed by atoms with E-state index in [-0.39, 0.29) is 23.9 Å². The molecule has 0 aliphatic carbocycles. The van der Waals surface area contributed by atoms with E-state index >= 15 is 0 Å². The number of nitrogens with one attached hydrogen (secondary N) is 2. The molecule has 0 bridgehead atoms. The van der Waals surface area contributed by atoms with Crippen molar-refractivity contribution in [1.29, 1.82) is 0 Å². The first kappa shape index (κ1) is 17.6. The highest BCUT2D eigenvalue weighted by Crippen LogP contribution is 2.19. The molecule has 0 heterocycles. The zero-order chi connectivity index (χ0) is 16.2. The Kier molecular flexibility index (Phi) is 6.33. The lowest BCUT2D eigenvalue weighted by molar-refractivity contribution is 0.235. The van der Waals surface area contributed by atoms with E-state index in [4.69, 9.17) is 0 Å². The average molecular weight is 314 g/mol. The predicted octanol–water partition coefficient (Wildman–Crippen LogP) is 2.57. The Hall–Kier alpha value is -1.43. The number of urea groups is 1. The van der Waals surface area contributed by atoms with Gasteiger partial charge in [0.05, 0.1) is 6.04 Å². The van der Waals surface area contributed by atoms with E-state index in [1.165, 1.54) is 0 Å². The molecule has 118 valence electrons. The zero-order valence-corrected chi connectivity index (χ0v) is 13.9. The average Bonchev–Trinajstić information content (AvgIpc) is 2.33. The largest absolute Gasteiger partial charge is 0.335 e. The van der Waals surface area contributed by atoms with Crippen molar-refractivity contribution in [1.82, 2.24) is 10.6 Å². The molecule has 1 aromatic carbocycles. The SMILES string of the molecule is Cc1cc([C@H](C)NC(=O)N[C@@H](C)C[S@](C)=O)cc(C)c1F. The van der Waals surface area contributed by atoms with Crippen LogP contribution in [0.15, 0.2) is 12.1 Å². The minimum absolute atomic E-state index is 0.167. The number of halogens is 1. The molecular weight excluding hydrogens is 291 g/mol. The number of hydrogen-bond acceptors (Lipinski definition) is 2. The van der Waals surface area contributed by atoms with Crippen LogP contribution in [-0.4, -0.2) is 28.3 Å². The summed E-state index contributed by atoms with van der Waals surface area (Å²) in [6.45, 7) is 7.06. The van der Waals surface area contributed by atoms with Gasteiger partial charge >= 0.3 is 6.03 Å². The molecule has 2 N–H and O–H groups in total. The third-order valence-electron chi connectivity index (χ3n) is 3.17. The van der Waals surface area contributed by atoms with Crippen LogP contribution in [0.5, 0.6) is 0 Å². The minimum atomic E-state index is -0.954. The number of aryl methyl sites for hydroxylation is 2. The van der Waals surface area contributed by atoms with Gasteiger partial charge in [0.1, 0.15) is 5.82 Å². The number of amides is 2. The normalized spacial score (nSPS) is 15.1. The van der Waals surface area contributed by atoms with Gasteiger partial charge in [-0.2, -0.15) is 0 Å². The predicted molar refractivity (Wildman–Crippen MR) is 84.4 cm³/mol. The number of hydrogen-bond donors (Lipinski definition) is 2. The van der Waals surface area contributed by atoms with Gasteiger partial charge in [-0.3, -0.25) is 4.21 Å². The third-order valence-corrected chi connectivity index (χ3v) is 4.14. The van der Waals surface area contributed by atoms with Gasteiger partial charge in [0.15, 0.2) is 0 Å². The molecule has 0 aromatic heterocycles. The lowest BCUT2D eigenvalue weighted by atomic mass is 10.0. The molecule has 6 heteroatoms. The van der Waals surface area contributed by atoms with Crippen molar-refractivity contribution in [3.63, 3.8) is 0 Å². The molecule has 0 saturated carbocycles. The van der Waals surface area contributed by atoms with Gasteiger partial charge in [-0.05, 0) is 44.4 Å². The topological polar surface area (TPSA) is 58.2 Å². The number of carbonyl (C=O) groups excluding carboxylic acids is 1. The van der Waals surface area contributed by atoms with Gasteiger partial charge in [-0.15, -0.1) is 0 Å². The highest BCUT2D eigenvalue weighted by Gasteiger charge is 2.14. The van der Waals surface area contributed by atoms with Crippen molar-refractivity contribution < 1.29 is 13.4 Å². The van der Waals surface area contributed by atoms with Gasteiger partial charge in [0, 0.05) is 28.9 Å². The first-order valence-corrected chi connectivity index (χ1v) is 8.57. The van der Waals surface area contributed by atoms with Crippen molar-refractivity contribution in [2.24, 2.45) is 0 Å². The standard InChI is InChI=1S/C15H23FN2O2S/c1-9-6-13(7-10(2)14(9)16)12(4)18-15(19)17-11(3)8-21(5)20/h6-7,11-12H,8H2,1-5H3,(H2,17,18,19)/t11-,12-,21-/m0/s1. The second kappa shape index (κ2) is 7.54. The Labute approximate surface area is 128 Å². The summed E-state index contributed by atoms with van der Waals surface area (Å²) in [6.07, 6.45) is 1.60. The summed E-state index contributed by atoms with van der Waals surface area (Å²) in [6, 6.07) is 2.75. The van der Waals surface area contributed by atoms with Gasteiger partial charge in [-0.1, -0.05) is 12.1 Å². The summed E-state index contributed by atoms with van der Waals surface area (Å²) in [5.41, 5.74) is 1.98. The summed E-state index contributed by atoms with van der Waals surface area (Å²) in [4.78, 5) is 11.9. The van der Waals surface area contributed by atoms with E-state index in [0.29, 0.717) is 16.9 Å². The van der Waals surface area contributed by atoms with Crippen LogP contribution in [0.2, 0.25) is 0 Å². The number of carbonyl (C=O) groups is 1. The molecule has 0 spiro atoms. The monoisotopic (exact) mass is 314 g/mol. The molecule has 0 fully saturated rings. The maximum Gasteiger partial charge on any atom is 0.315 e. The summed E-state index contributed by atoms with van der Waals surface area (Å²) < 4.78 is 24.7. The van der Waals surface area contributed by atoms with Crippen molar-refractivity contribution in [2.45, 2.75) is 39.8 Å². The number of benzene rings is 1. The lowest BCUT2D eigenvalue weighted by Gasteiger charge is -2.19. The number of rotatable bonds is 5. The minimum Gasteiger partial charge on any atom is -0.335 e. The van der Waals surface area contributed by atoms with Crippen molar-refractivity contribution >= 4 is 16.8 Å². The highest BCUT2D eigenvalue weighted by atomic mass is 32.2. The van der Waals surface area contributed by atoms with Gasteiger partial charge in [-0.25, -0.2) is 9.18 Å². The van der Waals surface area contributed by atoms with E-state index in [1.54, 1.807) is 39.2 Å². The fourth-order valence-corrected chi connectivity index (χ4v) is 2.96. The van der Waals surface area contributed by atoms with Crippen molar-refractivity contribution in [3.05, 3.63) is 34.6 Å². The highest BCUT2D eigenvalue weighted by molar-refractivity contribution is 7.84. The van der Waals surface area contributed by atoms with E-state index in [0.717, 1.165) is 5.56 Å². The van der Waals surface area contributed by atoms with Gasteiger partial charge in [0.25, 0.3) is 0 Å². The van der Waals surface area contributed by atoms with Gasteiger partial charge in [0.2, 0.25) is 0 Å². The Morgan fingerprint density at radius 1 is 1.24 bits per heavy atom. The Bertz CT molecular complexity index is 525. The third kappa shape index (κ3) is 5.46. The van der Waals surface area contributed by atoms with Crippen LogP contribution in [0.25, 0.3) is 0 Å². The molecule has 0 aliphatic heterocycles. The maximum absolute atomic E-state index is 13.6. The van der Waals surface area contributed by atoms with E-state index < -0.39 is 10.8 Å². The molecule has 1 rings (SSSR count). The fourth-order valence-electron chi connectivity index (χ4n) is 2.17. The molecule has 0 saturated heterocycles. The summed E-state index contributed by atoms with van der Waals surface area (Å²) >= 11 is 0. The first-order chi connectivity index (χ1) is 9.70. The Balaban J connectivity index is 2.66.